The monoisotopic (exact) mass is 246 g/mol. The lowest BCUT2D eigenvalue weighted by Gasteiger charge is -2.13. The standard InChI is InChI=1S/C16H22O2/c1-4-13(15-10-8-7-9-11-15)12-14(5-2)16(17)18-6-3/h7-13H,4-6H2,1-3H3. The Hall–Kier alpha value is -1.57. The lowest BCUT2D eigenvalue weighted by atomic mass is 9.93. The van der Waals surface area contributed by atoms with Crippen LogP contribution in [0.4, 0.5) is 0 Å². The van der Waals surface area contributed by atoms with Crippen LogP contribution in [0.5, 0.6) is 0 Å². The minimum Gasteiger partial charge on any atom is -0.463 e. The molecule has 0 amide bonds. The molecule has 0 fully saturated rings. The van der Waals surface area contributed by atoms with Crippen molar-refractivity contribution in [3.63, 3.8) is 0 Å². The van der Waals surface area contributed by atoms with Crippen LogP contribution < -0.4 is 0 Å². The van der Waals surface area contributed by atoms with Gasteiger partial charge in [-0.3, -0.25) is 0 Å². The van der Waals surface area contributed by atoms with Crippen LogP contribution in [0, 0.1) is 0 Å². The maximum atomic E-state index is 11.8. The van der Waals surface area contributed by atoms with Crippen molar-refractivity contribution in [3.05, 3.63) is 47.5 Å². The summed E-state index contributed by atoms with van der Waals surface area (Å²) in [6.45, 7) is 6.38. The van der Waals surface area contributed by atoms with Crippen molar-refractivity contribution in [2.75, 3.05) is 6.61 Å². The van der Waals surface area contributed by atoms with Gasteiger partial charge in [-0.1, -0.05) is 50.3 Å². The predicted molar refractivity (Wildman–Crippen MR) is 74.5 cm³/mol. The third-order valence-corrected chi connectivity index (χ3v) is 2.99. The third-order valence-electron chi connectivity index (χ3n) is 2.99. The first-order valence-electron chi connectivity index (χ1n) is 6.65. The summed E-state index contributed by atoms with van der Waals surface area (Å²) in [6, 6.07) is 10.3. The molecule has 2 heteroatoms. The predicted octanol–water partition coefficient (Wildman–Crippen LogP) is 4.08. The Bertz CT molecular complexity index is 393. The SMILES string of the molecule is CCOC(=O)C(=CC(CC)c1ccccc1)CC. The van der Waals surface area contributed by atoms with Gasteiger partial charge in [0.25, 0.3) is 0 Å². The van der Waals surface area contributed by atoms with Crippen LogP contribution in [-0.4, -0.2) is 12.6 Å². The van der Waals surface area contributed by atoms with E-state index < -0.39 is 0 Å². The molecule has 98 valence electrons. The van der Waals surface area contributed by atoms with Gasteiger partial charge in [0.2, 0.25) is 0 Å². The summed E-state index contributed by atoms with van der Waals surface area (Å²) in [5.74, 6) is 0.0972. The van der Waals surface area contributed by atoms with E-state index in [9.17, 15) is 4.79 Å². The maximum absolute atomic E-state index is 11.8. The number of allylic oxidation sites excluding steroid dienone is 1. The molecule has 0 bridgehead atoms. The van der Waals surface area contributed by atoms with E-state index in [4.69, 9.17) is 4.74 Å². The van der Waals surface area contributed by atoms with Crippen molar-refractivity contribution in [2.45, 2.75) is 39.5 Å². The molecule has 0 aliphatic heterocycles. The van der Waals surface area contributed by atoms with Gasteiger partial charge >= 0.3 is 5.97 Å². The number of rotatable bonds is 6. The van der Waals surface area contributed by atoms with Crippen molar-refractivity contribution in [1.82, 2.24) is 0 Å². The Morgan fingerprint density at radius 1 is 1.22 bits per heavy atom. The fourth-order valence-corrected chi connectivity index (χ4v) is 1.95. The number of esters is 1. The first-order valence-corrected chi connectivity index (χ1v) is 6.65. The molecule has 1 aromatic carbocycles. The molecule has 1 unspecified atom stereocenters. The molecular formula is C16H22O2. The molecule has 0 spiro atoms. The van der Waals surface area contributed by atoms with Gasteiger partial charge in [-0.05, 0) is 25.3 Å². The molecule has 0 heterocycles. The van der Waals surface area contributed by atoms with Crippen LogP contribution in [0.1, 0.15) is 45.1 Å². The van der Waals surface area contributed by atoms with Crippen LogP contribution in [-0.2, 0) is 9.53 Å². The minimum atomic E-state index is -0.186. The van der Waals surface area contributed by atoms with Gasteiger partial charge < -0.3 is 4.74 Å². The fourth-order valence-electron chi connectivity index (χ4n) is 1.95. The van der Waals surface area contributed by atoms with E-state index in [1.807, 2.05) is 38.1 Å². The molecule has 0 saturated heterocycles. The molecule has 2 nitrogen and oxygen atoms in total. The molecule has 1 aromatic rings. The van der Waals surface area contributed by atoms with Gasteiger partial charge in [0.15, 0.2) is 0 Å². The normalized spacial score (nSPS) is 13.2. The van der Waals surface area contributed by atoms with E-state index in [2.05, 4.69) is 19.1 Å². The lowest BCUT2D eigenvalue weighted by molar-refractivity contribution is -0.138. The molecular weight excluding hydrogens is 224 g/mol. The zero-order valence-corrected chi connectivity index (χ0v) is 11.5. The summed E-state index contributed by atoms with van der Waals surface area (Å²) in [4.78, 5) is 11.8. The van der Waals surface area contributed by atoms with Crippen LogP contribution in [0.2, 0.25) is 0 Å². The number of carbonyl (C=O) groups excluding carboxylic acids is 1. The Morgan fingerprint density at radius 3 is 2.39 bits per heavy atom. The highest BCUT2D eigenvalue weighted by Crippen LogP contribution is 2.23. The number of benzene rings is 1. The Labute approximate surface area is 110 Å². The van der Waals surface area contributed by atoms with Crippen LogP contribution >= 0.6 is 0 Å². The largest absolute Gasteiger partial charge is 0.463 e. The number of hydrogen-bond donors (Lipinski definition) is 0. The second kappa shape index (κ2) is 7.70. The average Bonchev–Trinajstić information content (AvgIpc) is 2.41. The van der Waals surface area contributed by atoms with Crippen molar-refractivity contribution in [3.8, 4) is 0 Å². The summed E-state index contributed by atoms with van der Waals surface area (Å²) < 4.78 is 5.07. The molecule has 0 aliphatic carbocycles. The van der Waals surface area contributed by atoms with Crippen LogP contribution in [0.25, 0.3) is 0 Å². The number of hydrogen-bond acceptors (Lipinski definition) is 2. The van der Waals surface area contributed by atoms with Gasteiger partial charge in [0.05, 0.1) is 6.61 Å². The Balaban J connectivity index is 2.91. The average molecular weight is 246 g/mol. The van der Waals surface area contributed by atoms with Crippen LogP contribution in [0.3, 0.4) is 0 Å². The Morgan fingerprint density at radius 2 is 1.89 bits per heavy atom. The van der Waals surface area contributed by atoms with E-state index in [1.54, 1.807) is 0 Å². The fraction of sp³-hybridized carbons (Fsp3) is 0.438. The summed E-state index contributed by atoms with van der Waals surface area (Å²) in [5, 5.41) is 0. The molecule has 0 radical (unpaired) electrons. The summed E-state index contributed by atoms with van der Waals surface area (Å²) in [7, 11) is 0. The first kappa shape index (κ1) is 14.5. The van der Waals surface area contributed by atoms with Gasteiger partial charge in [-0.2, -0.15) is 0 Å². The zero-order valence-electron chi connectivity index (χ0n) is 11.5. The Kier molecular flexibility index (Phi) is 6.20. The molecule has 0 aliphatic rings. The second-order valence-corrected chi connectivity index (χ2v) is 4.19. The van der Waals surface area contributed by atoms with Gasteiger partial charge in [0, 0.05) is 11.5 Å². The van der Waals surface area contributed by atoms with E-state index >= 15 is 0 Å². The molecule has 0 aromatic heterocycles. The van der Waals surface area contributed by atoms with Crippen molar-refractivity contribution >= 4 is 5.97 Å². The zero-order chi connectivity index (χ0) is 13.4. The molecule has 1 atom stereocenters. The smallest absolute Gasteiger partial charge is 0.333 e. The second-order valence-electron chi connectivity index (χ2n) is 4.19. The molecule has 0 saturated carbocycles. The van der Waals surface area contributed by atoms with Gasteiger partial charge in [0.1, 0.15) is 0 Å². The number of ether oxygens (including phenoxy) is 1. The molecule has 0 N–H and O–H groups in total. The van der Waals surface area contributed by atoms with Gasteiger partial charge in [-0.25, -0.2) is 4.79 Å². The number of carbonyl (C=O) groups is 1. The molecule has 18 heavy (non-hydrogen) atoms. The quantitative estimate of drug-likeness (QED) is 0.558. The van der Waals surface area contributed by atoms with Crippen molar-refractivity contribution in [1.29, 1.82) is 0 Å². The first-order chi connectivity index (χ1) is 8.72. The summed E-state index contributed by atoms with van der Waals surface area (Å²) >= 11 is 0. The topological polar surface area (TPSA) is 26.3 Å². The molecule has 1 rings (SSSR count). The third kappa shape index (κ3) is 4.02. The van der Waals surface area contributed by atoms with Crippen LogP contribution in [0.15, 0.2) is 42.0 Å². The highest BCUT2D eigenvalue weighted by atomic mass is 16.5. The maximum Gasteiger partial charge on any atom is 0.333 e. The van der Waals surface area contributed by atoms with E-state index in [0.717, 1.165) is 12.0 Å². The van der Waals surface area contributed by atoms with E-state index in [0.29, 0.717) is 13.0 Å². The minimum absolute atomic E-state index is 0.186. The highest BCUT2D eigenvalue weighted by Gasteiger charge is 2.12. The van der Waals surface area contributed by atoms with Gasteiger partial charge in [-0.15, -0.1) is 0 Å². The van der Waals surface area contributed by atoms with Crippen molar-refractivity contribution in [2.24, 2.45) is 0 Å². The lowest BCUT2D eigenvalue weighted by Crippen LogP contribution is -2.08. The summed E-state index contributed by atoms with van der Waals surface area (Å²) in [5.41, 5.74) is 2.02. The van der Waals surface area contributed by atoms with Crippen molar-refractivity contribution < 1.29 is 9.53 Å². The summed E-state index contributed by atoms with van der Waals surface area (Å²) in [6.07, 6.45) is 3.74. The highest BCUT2D eigenvalue weighted by molar-refractivity contribution is 5.88. The van der Waals surface area contributed by atoms with E-state index in [-0.39, 0.29) is 11.9 Å². The van der Waals surface area contributed by atoms with E-state index in [1.165, 1.54) is 5.56 Å².